The minimum absolute atomic E-state index is 0.280. The van der Waals surface area contributed by atoms with E-state index in [1.807, 2.05) is 17.8 Å². The number of nitriles is 1. The van der Waals surface area contributed by atoms with Gasteiger partial charge in [0.05, 0.1) is 12.0 Å². The topological polar surface area (TPSA) is 23.8 Å². The summed E-state index contributed by atoms with van der Waals surface area (Å²) < 4.78 is 0. The third-order valence-electron chi connectivity index (χ3n) is 3.18. The van der Waals surface area contributed by atoms with Gasteiger partial charge in [-0.15, -0.1) is 0 Å². The fraction of sp³-hybridized carbons (Fsp3) is 0.500. The van der Waals surface area contributed by atoms with Gasteiger partial charge in [0.15, 0.2) is 0 Å². The van der Waals surface area contributed by atoms with Gasteiger partial charge in [0.1, 0.15) is 0 Å². The van der Waals surface area contributed by atoms with E-state index in [0.29, 0.717) is 5.25 Å². The van der Waals surface area contributed by atoms with Crippen molar-refractivity contribution >= 4 is 11.8 Å². The van der Waals surface area contributed by atoms with Gasteiger partial charge in [-0.05, 0) is 18.4 Å². The highest BCUT2D eigenvalue weighted by Crippen LogP contribution is 2.34. The molecule has 1 fully saturated rings. The Hall–Kier alpha value is -0.940. The van der Waals surface area contributed by atoms with Crippen molar-refractivity contribution in [1.29, 1.82) is 5.26 Å². The zero-order valence-corrected chi connectivity index (χ0v) is 10.2. The second-order valence-electron chi connectivity index (χ2n) is 4.36. The monoisotopic (exact) mass is 231 g/mol. The highest BCUT2D eigenvalue weighted by molar-refractivity contribution is 7.99. The first-order valence-electron chi connectivity index (χ1n) is 5.95. The predicted molar refractivity (Wildman–Crippen MR) is 69.1 cm³/mol. The van der Waals surface area contributed by atoms with Crippen molar-refractivity contribution in [3.8, 4) is 6.07 Å². The van der Waals surface area contributed by atoms with E-state index in [1.54, 1.807) is 0 Å². The van der Waals surface area contributed by atoms with Gasteiger partial charge in [-0.3, -0.25) is 0 Å². The van der Waals surface area contributed by atoms with Gasteiger partial charge in [-0.25, -0.2) is 0 Å². The Morgan fingerprint density at radius 2 is 1.94 bits per heavy atom. The van der Waals surface area contributed by atoms with Crippen molar-refractivity contribution < 1.29 is 0 Å². The van der Waals surface area contributed by atoms with Crippen molar-refractivity contribution in [1.82, 2.24) is 0 Å². The second-order valence-corrected chi connectivity index (χ2v) is 5.58. The molecule has 0 amide bonds. The minimum atomic E-state index is 0.280. The molecule has 2 unspecified atom stereocenters. The van der Waals surface area contributed by atoms with Crippen molar-refractivity contribution in [3.63, 3.8) is 0 Å². The summed E-state index contributed by atoms with van der Waals surface area (Å²) in [7, 11) is 0. The Morgan fingerprint density at radius 1 is 1.19 bits per heavy atom. The van der Waals surface area contributed by atoms with Crippen LogP contribution in [-0.4, -0.2) is 5.25 Å². The standard InChI is InChI=1S/C14H17NS/c15-10-13-8-4-5-9-14(13)16-11-12-6-2-1-3-7-12/h1-3,6-7,13-14H,4-5,8-9,11H2. The Labute approximate surface area is 102 Å². The van der Waals surface area contributed by atoms with E-state index in [9.17, 15) is 0 Å². The molecule has 0 spiro atoms. The number of nitrogens with zero attached hydrogens (tertiary/aromatic N) is 1. The number of hydrogen-bond donors (Lipinski definition) is 0. The molecule has 1 aromatic carbocycles. The van der Waals surface area contributed by atoms with Gasteiger partial charge in [0.2, 0.25) is 0 Å². The van der Waals surface area contributed by atoms with Gasteiger partial charge in [-0.1, -0.05) is 43.2 Å². The smallest absolute Gasteiger partial charge is 0.0667 e. The third kappa shape index (κ3) is 3.02. The second kappa shape index (κ2) is 5.96. The van der Waals surface area contributed by atoms with Crippen LogP contribution in [0.4, 0.5) is 0 Å². The molecule has 2 heteroatoms. The van der Waals surface area contributed by atoms with Crippen molar-refractivity contribution in [2.75, 3.05) is 0 Å². The Bertz CT molecular complexity index is 355. The van der Waals surface area contributed by atoms with E-state index in [2.05, 4.69) is 30.3 Å². The van der Waals surface area contributed by atoms with Gasteiger partial charge in [0.25, 0.3) is 0 Å². The maximum atomic E-state index is 9.10. The first kappa shape index (κ1) is 11.5. The molecule has 16 heavy (non-hydrogen) atoms. The third-order valence-corrected chi connectivity index (χ3v) is 4.67. The highest BCUT2D eigenvalue weighted by Gasteiger charge is 2.24. The van der Waals surface area contributed by atoms with E-state index in [-0.39, 0.29) is 5.92 Å². The molecule has 0 radical (unpaired) electrons. The zero-order chi connectivity index (χ0) is 11.2. The molecule has 1 aliphatic carbocycles. The van der Waals surface area contributed by atoms with Gasteiger partial charge in [-0.2, -0.15) is 17.0 Å². The molecule has 2 atom stereocenters. The van der Waals surface area contributed by atoms with Crippen LogP contribution in [-0.2, 0) is 5.75 Å². The summed E-state index contributed by atoms with van der Waals surface area (Å²) in [6.07, 6.45) is 4.85. The van der Waals surface area contributed by atoms with E-state index >= 15 is 0 Å². The van der Waals surface area contributed by atoms with Crippen LogP contribution in [0.2, 0.25) is 0 Å². The lowest BCUT2D eigenvalue weighted by Gasteiger charge is -2.26. The van der Waals surface area contributed by atoms with Gasteiger partial charge >= 0.3 is 0 Å². The normalized spacial score (nSPS) is 24.9. The van der Waals surface area contributed by atoms with Crippen LogP contribution in [0.15, 0.2) is 30.3 Å². The summed E-state index contributed by atoms with van der Waals surface area (Å²) in [5.74, 6) is 1.33. The molecule has 1 saturated carbocycles. The van der Waals surface area contributed by atoms with E-state index in [4.69, 9.17) is 5.26 Å². The van der Waals surface area contributed by atoms with Crippen LogP contribution in [0.1, 0.15) is 31.2 Å². The molecule has 0 heterocycles. The molecule has 0 bridgehead atoms. The molecular weight excluding hydrogens is 214 g/mol. The van der Waals surface area contributed by atoms with E-state index < -0.39 is 0 Å². The quantitative estimate of drug-likeness (QED) is 0.785. The average Bonchev–Trinajstić information content (AvgIpc) is 2.38. The van der Waals surface area contributed by atoms with Crippen molar-refractivity contribution in [2.45, 2.75) is 36.7 Å². The largest absolute Gasteiger partial charge is 0.198 e. The number of benzene rings is 1. The summed E-state index contributed by atoms with van der Waals surface area (Å²) in [5.41, 5.74) is 1.37. The Kier molecular flexibility index (Phi) is 4.30. The molecule has 2 rings (SSSR count). The zero-order valence-electron chi connectivity index (χ0n) is 9.43. The van der Waals surface area contributed by atoms with Gasteiger partial charge in [0, 0.05) is 11.0 Å². The van der Waals surface area contributed by atoms with Crippen molar-refractivity contribution in [3.05, 3.63) is 35.9 Å². The molecule has 1 aromatic rings. The maximum absolute atomic E-state index is 9.10. The summed E-state index contributed by atoms with van der Waals surface area (Å²) in [6.45, 7) is 0. The number of hydrogen-bond acceptors (Lipinski definition) is 2. The minimum Gasteiger partial charge on any atom is -0.198 e. The molecule has 0 N–H and O–H groups in total. The molecule has 0 saturated heterocycles. The molecule has 0 aliphatic heterocycles. The van der Waals surface area contributed by atoms with Crippen molar-refractivity contribution in [2.24, 2.45) is 5.92 Å². The predicted octanol–water partition coefficient (Wildman–Crippen LogP) is 4.00. The first-order valence-corrected chi connectivity index (χ1v) is 7.00. The molecule has 84 valence electrons. The summed E-state index contributed by atoms with van der Waals surface area (Å²) in [6, 6.07) is 13.0. The Morgan fingerprint density at radius 3 is 2.69 bits per heavy atom. The SMILES string of the molecule is N#CC1CCCCC1SCc1ccccc1. The van der Waals surface area contributed by atoms with Crippen LogP contribution in [0.3, 0.4) is 0 Å². The van der Waals surface area contributed by atoms with E-state index in [0.717, 1.165) is 12.2 Å². The lowest BCUT2D eigenvalue weighted by Crippen LogP contribution is -2.20. The summed E-state index contributed by atoms with van der Waals surface area (Å²) >= 11 is 1.96. The molecule has 0 aromatic heterocycles. The number of thioether (sulfide) groups is 1. The van der Waals surface area contributed by atoms with Gasteiger partial charge < -0.3 is 0 Å². The lowest BCUT2D eigenvalue weighted by molar-refractivity contribution is 0.439. The lowest BCUT2D eigenvalue weighted by atomic mass is 9.90. The summed E-state index contributed by atoms with van der Waals surface area (Å²) in [5, 5.41) is 9.65. The average molecular weight is 231 g/mol. The summed E-state index contributed by atoms with van der Waals surface area (Å²) in [4.78, 5) is 0. The van der Waals surface area contributed by atoms with Crippen LogP contribution in [0, 0.1) is 17.2 Å². The van der Waals surface area contributed by atoms with E-state index in [1.165, 1.54) is 24.8 Å². The molecule has 1 aliphatic rings. The van der Waals surface area contributed by atoms with Crippen LogP contribution in [0.5, 0.6) is 0 Å². The Balaban J connectivity index is 1.87. The molecular formula is C14H17NS. The fourth-order valence-corrected chi connectivity index (χ4v) is 3.58. The highest BCUT2D eigenvalue weighted by atomic mass is 32.2. The fourth-order valence-electron chi connectivity index (χ4n) is 2.22. The molecule has 1 nitrogen and oxygen atoms in total. The first-order chi connectivity index (χ1) is 7.90. The van der Waals surface area contributed by atoms with Crippen LogP contribution < -0.4 is 0 Å². The number of rotatable bonds is 3. The van der Waals surface area contributed by atoms with Crippen LogP contribution in [0.25, 0.3) is 0 Å². The maximum Gasteiger partial charge on any atom is 0.0667 e. The van der Waals surface area contributed by atoms with Crippen LogP contribution >= 0.6 is 11.8 Å².